The molecule has 2 heterocycles. The van der Waals surface area contributed by atoms with Crippen LogP contribution in [0.15, 0.2) is 76.9 Å². The summed E-state index contributed by atoms with van der Waals surface area (Å²) in [6.07, 6.45) is 1.85. The average molecular weight is 479 g/mol. The van der Waals surface area contributed by atoms with Gasteiger partial charge in [0.15, 0.2) is 5.16 Å². The lowest BCUT2D eigenvalue weighted by molar-refractivity contribution is -0.138. The highest BCUT2D eigenvalue weighted by Gasteiger charge is 2.12. The third-order valence-electron chi connectivity index (χ3n) is 5.24. The molecule has 0 bridgehead atoms. The Balaban J connectivity index is 1.34. The Labute approximate surface area is 201 Å². The molecule has 0 fully saturated rings. The first-order valence-electron chi connectivity index (χ1n) is 10.7. The number of aliphatic carboxylic acids is 1. The molecule has 170 valence electrons. The molecule has 0 spiro atoms. The van der Waals surface area contributed by atoms with Crippen LogP contribution in [0.2, 0.25) is 0 Å². The van der Waals surface area contributed by atoms with Gasteiger partial charge in [-0.1, -0.05) is 54.2 Å². The van der Waals surface area contributed by atoms with E-state index in [4.69, 9.17) is 0 Å². The van der Waals surface area contributed by atoms with E-state index in [1.807, 2.05) is 71.8 Å². The van der Waals surface area contributed by atoms with Crippen LogP contribution in [0.3, 0.4) is 0 Å². The van der Waals surface area contributed by atoms with Crippen LogP contribution in [0.5, 0.6) is 0 Å². The molecule has 0 unspecified atom stereocenters. The number of carboxylic acids is 1. The molecule has 0 radical (unpaired) electrons. The number of nitrogens with one attached hydrogen (secondary N) is 1. The Morgan fingerprint density at radius 1 is 1.06 bits per heavy atom. The molecule has 2 aromatic heterocycles. The summed E-state index contributed by atoms with van der Waals surface area (Å²) < 4.78 is 0. The van der Waals surface area contributed by atoms with Gasteiger partial charge in [0.1, 0.15) is 0 Å². The summed E-state index contributed by atoms with van der Waals surface area (Å²) in [4.78, 5) is 27.0. The topological polar surface area (TPSA) is 82.1 Å². The van der Waals surface area contributed by atoms with Crippen LogP contribution in [0.4, 0.5) is 0 Å². The van der Waals surface area contributed by atoms with Crippen molar-refractivity contribution in [3.05, 3.63) is 83.7 Å². The lowest BCUT2D eigenvalue weighted by Crippen LogP contribution is -2.31. The summed E-state index contributed by atoms with van der Waals surface area (Å²) in [5, 5.41) is 10.2. The van der Waals surface area contributed by atoms with E-state index in [0.717, 1.165) is 39.0 Å². The van der Waals surface area contributed by atoms with Crippen molar-refractivity contribution in [2.45, 2.75) is 29.3 Å². The summed E-state index contributed by atoms with van der Waals surface area (Å²) >= 11 is 3.39. The molecule has 0 aliphatic rings. The molecule has 0 saturated heterocycles. The van der Waals surface area contributed by atoms with Crippen molar-refractivity contribution in [1.82, 2.24) is 19.9 Å². The Kier molecular flexibility index (Phi) is 8.04. The number of rotatable bonds is 11. The van der Waals surface area contributed by atoms with Gasteiger partial charge in [-0.3, -0.25) is 14.7 Å². The number of thioether (sulfide) groups is 2. The Hall–Kier alpha value is -2.81. The van der Waals surface area contributed by atoms with E-state index in [2.05, 4.69) is 21.9 Å². The minimum Gasteiger partial charge on any atom is -0.480 e. The van der Waals surface area contributed by atoms with Gasteiger partial charge in [-0.05, 0) is 36.2 Å². The van der Waals surface area contributed by atoms with Crippen molar-refractivity contribution in [2.24, 2.45) is 0 Å². The standard InChI is InChI=1S/C25H26N4O2S2/c1-18-22(17-33-25-27-20-9-5-6-10-21(20)28-25)26-12-11-23(18)32-14-13-29(16-24(30)31)15-19-7-3-2-4-8-19/h2-12H,13-17H2,1H3,(H,27,28)(H,30,31). The van der Waals surface area contributed by atoms with Gasteiger partial charge in [0.25, 0.3) is 0 Å². The van der Waals surface area contributed by atoms with Crippen LogP contribution in [0, 0.1) is 6.92 Å². The first-order valence-corrected chi connectivity index (χ1v) is 12.7. The molecular weight excluding hydrogens is 452 g/mol. The molecule has 0 saturated carbocycles. The zero-order valence-corrected chi connectivity index (χ0v) is 20.0. The average Bonchev–Trinajstić information content (AvgIpc) is 3.23. The fourth-order valence-corrected chi connectivity index (χ4v) is 5.50. The van der Waals surface area contributed by atoms with Crippen molar-refractivity contribution in [1.29, 1.82) is 0 Å². The van der Waals surface area contributed by atoms with Gasteiger partial charge in [0.05, 0.1) is 23.3 Å². The van der Waals surface area contributed by atoms with Gasteiger partial charge >= 0.3 is 5.97 Å². The number of nitrogens with zero attached hydrogens (tertiary/aromatic N) is 3. The second-order valence-electron chi connectivity index (χ2n) is 7.67. The van der Waals surface area contributed by atoms with Crippen LogP contribution < -0.4 is 0 Å². The fourth-order valence-electron chi connectivity index (χ4n) is 3.53. The molecule has 4 rings (SSSR count). The number of carbonyl (C=O) groups is 1. The molecule has 0 aliphatic carbocycles. The predicted octanol–water partition coefficient (Wildman–Crippen LogP) is 5.24. The molecule has 2 aromatic carbocycles. The van der Waals surface area contributed by atoms with E-state index < -0.39 is 5.97 Å². The molecule has 0 atom stereocenters. The second-order valence-corrected chi connectivity index (χ2v) is 9.77. The summed E-state index contributed by atoms with van der Waals surface area (Å²) in [5.41, 5.74) is 5.33. The lowest BCUT2D eigenvalue weighted by Gasteiger charge is -2.20. The molecule has 0 amide bonds. The minimum atomic E-state index is -0.805. The number of para-hydroxylation sites is 2. The number of aromatic nitrogens is 3. The van der Waals surface area contributed by atoms with Gasteiger partial charge in [-0.15, -0.1) is 11.8 Å². The number of hydrogen-bond donors (Lipinski definition) is 2. The van der Waals surface area contributed by atoms with E-state index in [0.29, 0.717) is 13.1 Å². The Morgan fingerprint density at radius 3 is 2.64 bits per heavy atom. The van der Waals surface area contributed by atoms with Crippen molar-refractivity contribution in [2.75, 3.05) is 18.8 Å². The van der Waals surface area contributed by atoms with E-state index in [1.165, 1.54) is 10.5 Å². The van der Waals surface area contributed by atoms with E-state index in [9.17, 15) is 9.90 Å². The second kappa shape index (κ2) is 11.4. The minimum absolute atomic E-state index is 0.0319. The van der Waals surface area contributed by atoms with Gasteiger partial charge in [0, 0.05) is 35.7 Å². The normalized spacial score (nSPS) is 11.3. The maximum absolute atomic E-state index is 11.3. The van der Waals surface area contributed by atoms with Gasteiger partial charge in [-0.25, -0.2) is 4.98 Å². The zero-order valence-electron chi connectivity index (χ0n) is 18.4. The Morgan fingerprint density at radius 2 is 1.85 bits per heavy atom. The number of fused-ring (bicyclic) bond motifs is 1. The number of carboxylic acid groups (broad SMARTS) is 1. The summed E-state index contributed by atoms with van der Waals surface area (Å²) in [6.45, 7) is 3.45. The van der Waals surface area contributed by atoms with Crippen molar-refractivity contribution >= 4 is 40.5 Å². The lowest BCUT2D eigenvalue weighted by atomic mass is 10.2. The molecule has 33 heavy (non-hydrogen) atoms. The monoisotopic (exact) mass is 478 g/mol. The van der Waals surface area contributed by atoms with Gasteiger partial charge in [0.2, 0.25) is 0 Å². The quantitative estimate of drug-likeness (QED) is 0.285. The first kappa shape index (κ1) is 23.4. The number of imidazole rings is 1. The fraction of sp³-hybridized carbons (Fsp3) is 0.240. The van der Waals surface area contributed by atoms with Crippen LogP contribution in [-0.2, 0) is 17.1 Å². The molecular formula is C25H26N4O2S2. The molecule has 0 aliphatic heterocycles. The summed E-state index contributed by atoms with van der Waals surface area (Å²) in [7, 11) is 0. The predicted molar refractivity (Wildman–Crippen MR) is 135 cm³/mol. The number of aromatic amines is 1. The van der Waals surface area contributed by atoms with Crippen LogP contribution in [0.25, 0.3) is 11.0 Å². The van der Waals surface area contributed by atoms with E-state index in [1.54, 1.807) is 23.5 Å². The van der Waals surface area contributed by atoms with Crippen molar-refractivity contribution < 1.29 is 9.90 Å². The summed E-state index contributed by atoms with van der Waals surface area (Å²) in [5.74, 6) is 0.737. The van der Waals surface area contributed by atoms with Crippen LogP contribution in [0.1, 0.15) is 16.8 Å². The van der Waals surface area contributed by atoms with Crippen LogP contribution >= 0.6 is 23.5 Å². The molecule has 2 N–H and O–H groups in total. The Bertz CT molecular complexity index is 1180. The first-order chi connectivity index (χ1) is 16.1. The highest BCUT2D eigenvalue weighted by molar-refractivity contribution is 7.99. The van der Waals surface area contributed by atoms with E-state index >= 15 is 0 Å². The third-order valence-corrected chi connectivity index (χ3v) is 7.27. The highest BCUT2D eigenvalue weighted by atomic mass is 32.2. The van der Waals surface area contributed by atoms with E-state index in [-0.39, 0.29) is 6.54 Å². The number of pyridine rings is 1. The van der Waals surface area contributed by atoms with Crippen molar-refractivity contribution in [3.63, 3.8) is 0 Å². The summed E-state index contributed by atoms with van der Waals surface area (Å²) in [6, 6.07) is 20.0. The zero-order chi connectivity index (χ0) is 23.0. The SMILES string of the molecule is Cc1c(SCCN(CC(=O)O)Cc2ccccc2)ccnc1CSc1nc2ccccc2[nH]1. The number of H-pyrrole nitrogens is 1. The van der Waals surface area contributed by atoms with Gasteiger partial charge in [-0.2, -0.15) is 0 Å². The highest BCUT2D eigenvalue weighted by Crippen LogP contribution is 2.28. The maximum Gasteiger partial charge on any atom is 0.317 e. The molecule has 4 aromatic rings. The smallest absolute Gasteiger partial charge is 0.317 e. The number of benzene rings is 2. The maximum atomic E-state index is 11.3. The van der Waals surface area contributed by atoms with Gasteiger partial charge < -0.3 is 10.1 Å². The molecule has 8 heteroatoms. The third kappa shape index (κ3) is 6.60. The largest absolute Gasteiger partial charge is 0.480 e. The van der Waals surface area contributed by atoms with Crippen molar-refractivity contribution in [3.8, 4) is 0 Å². The van der Waals surface area contributed by atoms with Crippen LogP contribution in [-0.4, -0.2) is 49.8 Å². The number of hydrogen-bond acceptors (Lipinski definition) is 6. The molecule has 6 nitrogen and oxygen atoms in total.